The molecule has 0 aromatic heterocycles. The minimum atomic E-state index is -4.70. The van der Waals surface area contributed by atoms with Gasteiger partial charge in [0.15, 0.2) is 0 Å². The molecule has 1 aliphatic heterocycles. The van der Waals surface area contributed by atoms with Crippen LogP contribution in [0.4, 0.5) is 13.2 Å². The van der Waals surface area contributed by atoms with E-state index < -0.39 is 12.1 Å². The van der Waals surface area contributed by atoms with E-state index in [0.29, 0.717) is 12.5 Å². The van der Waals surface area contributed by atoms with Gasteiger partial charge in [-0.1, -0.05) is 25.5 Å². The van der Waals surface area contributed by atoms with Crippen LogP contribution in [0.1, 0.15) is 50.5 Å². The number of halogens is 5. The maximum atomic E-state index is 12.6. The minimum absolute atomic E-state index is 0. The largest absolute Gasteiger partial charge is 0.573 e. The summed E-state index contributed by atoms with van der Waals surface area (Å²) in [4.78, 5) is 4.40. The maximum absolute atomic E-state index is 12.6. The van der Waals surface area contributed by atoms with Crippen molar-refractivity contribution in [3.05, 3.63) is 29.8 Å². The molecule has 2 fully saturated rings. The second-order valence-electron chi connectivity index (χ2n) is 8.49. The predicted molar refractivity (Wildman–Crippen MR) is 117 cm³/mol. The SMILES string of the molecule is CC(c1cccc(OC(F)(F)F)c1)C1CCCCC1(O)N1CC[C@H](N(C)C)C1.Cl.Cl. The zero-order chi connectivity index (χ0) is 20.5. The summed E-state index contributed by atoms with van der Waals surface area (Å²) in [5.41, 5.74) is -0.140. The average molecular weight is 473 g/mol. The standard InChI is InChI=1S/C21H31F3N2O2.2ClH/c1-15(16-7-6-8-18(13-16)28-21(22,23)24)19-9-4-5-11-20(19,27)26-12-10-17(14-26)25(2)3;;/h6-8,13,15,17,19,27H,4-5,9-12,14H2,1-3H3;2*1H/t15?,17-,19?,20?;;/m0../s1. The van der Waals surface area contributed by atoms with Gasteiger partial charge in [0.25, 0.3) is 0 Å². The van der Waals surface area contributed by atoms with Crippen LogP contribution in [-0.2, 0) is 0 Å². The molecule has 0 amide bonds. The Bertz CT molecular complexity index is 678. The summed E-state index contributed by atoms with van der Waals surface area (Å²) in [5.74, 6) is -0.297. The Kier molecular flexibility index (Phi) is 9.76. The molecule has 1 N–H and O–H groups in total. The van der Waals surface area contributed by atoms with Crippen molar-refractivity contribution in [2.24, 2.45) is 5.92 Å². The third kappa shape index (κ3) is 6.16. The van der Waals surface area contributed by atoms with E-state index in [9.17, 15) is 18.3 Å². The van der Waals surface area contributed by atoms with E-state index in [2.05, 4.69) is 28.6 Å². The molecule has 3 rings (SSSR count). The van der Waals surface area contributed by atoms with Crippen LogP contribution >= 0.6 is 24.8 Å². The number of hydrogen-bond donors (Lipinski definition) is 1. The van der Waals surface area contributed by atoms with Crippen LogP contribution in [0.2, 0.25) is 0 Å². The minimum Gasteiger partial charge on any atom is -0.406 e. The summed E-state index contributed by atoms with van der Waals surface area (Å²) in [7, 11) is 4.12. The summed E-state index contributed by atoms with van der Waals surface area (Å²) in [6, 6.07) is 6.62. The number of likely N-dealkylation sites (N-methyl/N-ethyl adjacent to an activating group) is 1. The predicted octanol–water partition coefficient (Wildman–Crippen LogP) is 5.05. The molecule has 1 heterocycles. The van der Waals surface area contributed by atoms with E-state index in [1.807, 2.05) is 13.0 Å². The van der Waals surface area contributed by atoms with Gasteiger partial charge in [-0.05, 0) is 63.4 Å². The molecule has 1 saturated carbocycles. The lowest BCUT2D eigenvalue weighted by Gasteiger charge is -2.48. The van der Waals surface area contributed by atoms with E-state index >= 15 is 0 Å². The highest BCUT2D eigenvalue weighted by Gasteiger charge is 2.48. The average Bonchev–Trinajstić information content (AvgIpc) is 3.11. The van der Waals surface area contributed by atoms with E-state index in [0.717, 1.165) is 44.3 Å². The first-order chi connectivity index (χ1) is 13.1. The zero-order valence-electron chi connectivity index (χ0n) is 17.7. The van der Waals surface area contributed by atoms with Crippen molar-refractivity contribution < 1.29 is 23.0 Å². The summed E-state index contributed by atoms with van der Waals surface area (Å²) in [6.07, 6.45) is -0.109. The van der Waals surface area contributed by atoms with Crippen LogP contribution in [0, 0.1) is 5.92 Å². The molecule has 3 unspecified atom stereocenters. The van der Waals surface area contributed by atoms with Crippen molar-refractivity contribution in [3.63, 3.8) is 0 Å². The highest BCUT2D eigenvalue weighted by atomic mass is 35.5. The van der Waals surface area contributed by atoms with E-state index in [4.69, 9.17) is 0 Å². The number of nitrogens with zero attached hydrogens (tertiary/aromatic N) is 2. The van der Waals surface area contributed by atoms with Gasteiger partial charge in [0, 0.05) is 25.0 Å². The fourth-order valence-corrected chi connectivity index (χ4v) is 4.95. The Labute approximate surface area is 189 Å². The van der Waals surface area contributed by atoms with Gasteiger partial charge in [-0.25, -0.2) is 0 Å². The van der Waals surface area contributed by atoms with Crippen molar-refractivity contribution >= 4 is 24.8 Å². The third-order valence-corrected chi connectivity index (χ3v) is 6.57. The molecule has 1 saturated heterocycles. The van der Waals surface area contributed by atoms with Crippen LogP contribution in [0.25, 0.3) is 0 Å². The number of ether oxygens (including phenoxy) is 1. The van der Waals surface area contributed by atoms with Crippen molar-refractivity contribution in [1.82, 2.24) is 9.80 Å². The van der Waals surface area contributed by atoms with E-state index in [-0.39, 0.29) is 42.4 Å². The normalized spacial score (nSPS) is 28.5. The third-order valence-electron chi connectivity index (χ3n) is 6.57. The van der Waals surface area contributed by atoms with Crippen LogP contribution in [0.3, 0.4) is 0 Å². The summed E-state index contributed by atoms with van der Waals surface area (Å²) >= 11 is 0. The van der Waals surface area contributed by atoms with Crippen LogP contribution in [0.15, 0.2) is 24.3 Å². The van der Waals surface area contributed by atoms with Gasteiger partial charge in [0.2, 0.25) is 0 Å². The lowest BCUT2D eigenvalue weighted by atomic mass is 9.71. The zero-order valence-corrected chi connectivity index (χ0v) is 19.3. The van der Waals surface area contributed by atoms with Gasteiger partial charge in [0.1, 0.15) is 11.5 Å². The van der Waals surface area contributed by atoms with Crippen LogP contribution in [-0.4, -0.2) is 60.2 Å². The van der Waals surface area contributed by atoms with Crippen LogP contribution in [0.5, 0.6) is 5.75 Å². The Hall–Kier alpha value is -0.730. The Morgan fingerprint density at radius 2 is 1.90 bits per heavy atom. The number of alkyl halides is 3. The van der Waals surface area contributed by atoms with Gasteiger partial charge in [-0.2, -0.15) is 0 Å². The number of benzene rings is 1. The van der Waals surface area contributed by atoms with Gasteiger partial charge >= 0.3 is 6.36 Å². The molecule has 0 spiro atoms. The smallest absolute Gasteiger partial charge is 0.406 e. The Morgan fingerprint density at radius 1 is 1.20 bits per heavy atom. The van der Waals surface area contributed by atoms with Gasteiger partial charge in [-0.3, -0.25) is 4.90 Å². The molecule has 1 aliphatic carbocycles. The molecule has 174 valence electrons. The Balaban J connectivity index is 0.00000225. The summed E-state index contributed by atoms with van der Waals surface area (Å²) in [6.45, 7) is 3.68. The molecule has 0 bridgehead atoms. The molecule has 2 aliphatic rings. The molecule has 9 heteroatoms. The van der Waals surface area contributed by atoms with Crippen molar-refractivity contribution in [2.75, 3.05) is 27.2 Å². The Morgan fingerprint density at radius 3 is 2.50 bits per heavy atom. The monoisotopic (exact) mass is 472 g/mol. The highest BCUT2D eigenvalue weighted by molar-refractivity contribution is 5.85. The number of likely N-dealkylation sites (tertiary alicyclic amines) is 1. The first-order valence-electron chi connectivity index (χ1n) is 10.1. The lowest BCUT2D eigenvalue weighted by molar-refractivity contribution is -0.274. The molecule has 1 aromatic carbocycles. The molecule has 1 aromatic rings. The number of rotatable bonds is 5. The quantitative estimate of drug-likeness (QED) is 0.650. The van der Waals surface area contributed by atoms with Gasteiger partial charge in [0.05, 0.1) is 0 Å². The topological polar surface area (TPSA) is 35.9 Å². The second kappa shape index (κ2) is 10.7. The van der Waals surface area contributed by atoms with Crippen molar-refractivity contribution in [2.45, 2.75) is 63.1 Å². The number of aliphatic hydroxyl groups is 1. The van der Waals surface area contributed by atoms with Gasteiger partial charge < -0.3 is 14.7 Å². The molecular formula is C21H33Cl2F3N2O2. The second-order valence-corrected chi connectivity index (χ2v) is 8.49. The van der Waals surface area contributed by atoms with Gasteiger partial charge in [-0.15, -0.1) is 38.0 Å². The van der Waals surface area contributed by atoms with E-state index in [1.165, 1.54) is 12.1 Å². The summed E-state index contributed by atoms with van der Waals surface area (Å²) < 4.78 is 41.8. The molecule has 4 atom stereocenters. The molecule has 4 nitrogen and oxygen atoms in total. The molecule has 0 radical (unpaired) electrons. The molecular weight excluding hydrogens is 440 g/mol. The maximum Gasteiger partial charge on any atom is 0.573 e. The summed E-state index contributed by atoms with van der Waals surface area (Å²) in [5, 5.41) is 11.7. The van der Waals surface area contributed by atoms with Crippen molar-refractivity contribution in [1.29, 1.82) is 0 Å². The van der Waals surface area contributed by atoms with Crippen molar-refractivity contribution in [3.8, 4) is 5.75 Å². The molecule has 30 heavy (non-hydrogen) atoms. The fraction of sp³-hybridized carbons (Fsp3) is 0.714. The van der Waals surface area contributed by atoms with Crippen LogP contribution < -0.4 is 4.74 Å². The number of hydrogen-bond acceptors (Lipinski definition) is 4. The lowest BCUT2D eigenvalue weighted by Crippen LogP contribution is -2.56. The highest BCUT2D eigenvalue weighted by Crippen LogP contribution is 2.46. The first kappa shape index (κ1) is 27.3. The van der Waals surface area contributed by atoms with E-state index in [1.54, 1.807) is 6.07 Å². The first-order valence-corrected chi connectivity index (χ1v) is 10.1. The fourth-order valence-electron chi connectivity index (χ4n) is 4.95.